The molecule has 2 aliphatic rings. The fourth-order valence-electron chi connectivity index (χ4n) is 3.26. The molecule has 1 N–H and O–H groups in total. The van der Waals surface area contributed by atoms with E-state index in [1.807, 2.05) is 23.6 Å². The third kappa shape index (κ3) is 3.87. The molecule has 0 atom stereocenters. The number of hydrogen-bond acceptors (Lipinski definition) is 5. The van der Waals surface area contributed by atoms with Gasteiger partial charge in [-0.05, 0) is 55.3 Å². The van der Waals surface area contributed by atoms with Gasteiger partial charge in [0.05, 0.1) is 10.6 Å². The minimum absolute atomic E-state index is 0.0714. The third-order valence-electron chi connectivity index (χ3n) is 4.44. The van der Waals surface area contributed by atoms with Crippen LogP contribution in [-0.4, -0.2) is 28.1 Å². The molecule has 1 aliphatic carbocycles. The van der Waals surface area contributed by atoms with Crippen molar-refractivity contribution in [2.45, 2.75) is 31.3 Å². The number of halogens is 1. The van der Waals surface area contributed by atoms with Crippen LogP contribution in [0.4, 0.5) is 5.69 Å². The Morgan fingerprint density at radius 2 is 2.08 bits per heavy atom. The molecule has 0 radical (unpaired) electrons. The Bertz CT molecular complexity index is 871. The van der Waals surface area contributed by atoms with Gasteiger partial charge in [-0.1, -0.05) is 35.5 Å². The molecule has 2 heterocycles. The molecule has 1 aliphatic heterocycles. The largest absolute Gasteiger partial charge is 0.325 e. The predicted molar refractivity (Wildman–Crippen MR) is 112 cm³/mol. The van der Waals surface area contributed by atoms with E-state index in [1.54, 1.807) is 23.5 Å². The van der Waals surface area contributed by atoms with Gasteiger partial charge in [0.25, 0.3) is 0 Å². The third-order valence-corrected chi connectivity index (χ3v) is 6.52. The lowest BCUT2D eigenvalue weighted by Crippen LogP contribution is -2.17. The average Bonchev–Trinajstić information content (AvgIpc) is 3.35. The smallest absolute Gasteiger partial charge is 0.234 e. The number of aliphatic imine (C=N–C) groups is 2. The Morgan fingerprint density at radius 3 is 2.81 bits per heavy atom. The first-order chi connectivity index (χ1) is 12.6. The zero-order valence-corrected chi connectivity index (χ0v) is 16.5. The maximum Gasteiger partial charge on any atom is 0.234 e. The van der Waals surface area contributed by atoms with Crippen molar-refractivity contribution in [3.05, 3.63) is 51.7 Å². The molecular formula is C19H18ClN3OS2. The second-order valence-electron chi connectivity index (χ2n) is 6.39. The molecule has 1 fully saturated rings. The summed E-state index contributed by atoms with van der Waals surface area (Å²) in [5.41, 5.74) is 1.36. The van der Waals surface area contributed by atoms with Gasteiger partial charge in [-0.15, -0.1) is 11.3 Å². The van der Waals surface area contributed by atoms with Crippen LogP contribution in [0.3, 0.4) is 0 Å². The van der Waals surface area contributed by atoms with Crippen molar-refractivity contribution in [1.29, 1.82) is 0 Å². The van der Waals surface area contributed by atoms with Gasteiger partial charge < -0.3 is 5.32 Å². The van der Waals surface area contributed by atoms with Gasteiger partial charge in [-0.25, -0.2) is 4.99 Å². The molecule has 4 nitrogen and oxygen atoms in total. The average molecular weight is 404 g/mol. The van der Waals surface area contributed by atoms with Crippen LogP contribution >= 0.6 is 34.7 Å². The van der Waals surface area contributed by atoms with Crippen LogP contribution < -0.4 is 5.32 Å². The van der Waals surface area contributed by atoms with Crippen molar-refractivity contribution in [3.8, 4) is 0 Å². The number of hydrogen-bond donors (Lipinski definition) is 1. The van der Waals surface area contributed by atoms with Crippen LogP contribution in [0.1, 0.15) is 30.6 Å². The van der Waals surface area contributed by atoms with E-state index in [1.165, 1.54) is 11.8 Å². The van der Waals surface area contributed by atoms with Crippen molar-refractivity contribution >= 4 is 57.0 Å². The fourth-order valence-corrected chi connectivity index (χ4v) is 5.10. The molecule has 0 unspecified atom stereocenters. The van der Waals surface area contributed by atoms with Crippen LogP contribution in [0.5, 0.6) is 0 Å². The van der Waals surface area contributed by atoms with Gasteiger partial charge >= 0.3 is 0 Å². The molecule has 1 aromatic heterocycles. The van der Waals surface area contributed by atoms with Gasteiger partial charge in [-0.3, -0.25) is 9.79 Å². The maximum absolute atomic E-state index is 12.3. The minimum atomic E-state index is -0.287. The molecule has 2 aromatic rings. The van der Waals surface area contributed by atoms with E-state index in [2.05, 4.69) is 11.4 Å². The molecule has 1 saturated carbocycles. The Kier molecular flexibility index (Phi) is 5.16. The summed E-state index contributed by atoms with van der Waals surface area (Å²) >= 11 is 9.09. The van der Waals surface area contributed by atoms with Crippen LogP contribution in [0.2, 0.25) is 5.02 Å². The highest BCUT2D eigenvalue weighted by Crippen LogP contribution is 2.40. The summed E-state index contributed by atoms with van der Waals surface area (Å²) in [6.07, 6.45) is 4.33. The second kappa shape index (κ2) is 7.55. The van der Waals surface area contributed by atoms with Crippen molar-refractivity contribution < 1.29 is 4.79 Å². The lowest BCUT2D eigenvalue weighted by Gasteiger charge is -2.14. The van der Waals surface area contributed by atoms with Gasteiger partial charge in [0.2, 0.25) is 5.91 Å². The minimum Gasteiger partial charge on any atom is -0.325 e. The van der Waals surface area contributed by atoms with Crippen molar-refractivity contribution in [1.82, 2.24) is 0 Å². The van der Waals surface area contributed by atoms with Gasteiger partial charge in [-0.2, -0.15) is 0 Å². The van der Waals surface area contributed by atoms with Crippen molar-refractivity contribution in [2.75, 3.05) is 11.1 Å². The molecular weight excluding hydrogens is 386 g/mol. The number of benzene rings is 1. The Hall–Kier alpha value is -1.63. The highest BCUT2D eigenvalue weighted by atomic mass is 35.5. The van der Waals surface area contributed by atoms with Gasteiger partial charge in [0.15, 0.2) is 5.66 Å². The first kappa shape index (κ1) is 17.8. The Balaban J connectivity index is 1.46. The zero-order valence-electron chi connectivity index (χ0n) is 14.1. The zero-order chi connectivity index (χ0) is 18.0. The van der Waals surface area contributed by atoms with Crippen LogP contribution in [0, 0.1) is 0 Å². The van der Waals surface area contributed by atoms with Crippen LogP contribution in [0.25, 0.3) is 0 Å². The number of rotatable bonds is 4. The predicted octanol–water partition coefficient (Wildman–Crippen LogP) is 5.24. The lowest BCUT2D eigenvalue weighted by molar-refractivity contribution is -0.113. The molecule has 1 spiro atoms. The lowest BCUT2D eigenvalue weighted by atomic mass is 10.1. The summed E-state index contributed by atoms with van der Waals surface area (Å²) in [6.45, 7) is 0. The Morgan fingerprint density at radius 1 is 1.23 bits per heavy atom. The molecule has 26 heavy (non-hydrogen) atoms. The molecule has 4 rings (SSSR count). The van der Waals surface area contributed by atoms with E-state index in [-0.39, 0.29) is 11.6 Å². The van der Waals surface area contributed by atoms with E-state index in [0.717, 1.165) is 41.3 Å². The normalized spacial score (nSPS) is 18.0. The standard InChI is InChI=1S/C19H18ClN3OS2/c20-13-5-3-6-14(11-13)21-16(24)12-26-18-17(15-7-4-10-25-15)22-19(23-18)8-1-2-9-19/h3-7,10-11H,1-2,8-9,12H2,(H,21,24). The molecule has 0 saturated heterocycles. The number of carbonyl (C=O) groups is 1. The molecule has 134 valence electrons. The monoisotopic (exact) mass is 403 g/mol. The quantitative estimate of drug-likeness (QED) is 0.758. The topological polar surface area (TPSA) is 53.8 Å². The molecule has 1 aromatic carbocycles. The number of amides is 1. The summed E-state index contributed by atoms with van der Waals surface area (Å²) in [6, 6.07) is 11.3. The summed E-state index contributed by atoms with van der Waals surface area (Å²) in [5, 5.41) is 6.42. The summed E-state index contributed by atoms with van der Waals surface area (Å²) in [4.78, 5) is 23.3. The highest BCUT2D eigenvalue weighted by Gasteiger charge is 2.39. The number of nitrogens with zero attached hydrogens (tertiary/aromatic N) is 2. The second-order valence-corrected chi connectivity index (χ2v) is 8.74. The first-order valence-corrected chi connectivity index (χ1v) is 10.8. The van der Waals surface area contributed by atoms with Crippen LogP contribution in [-0.2, 0) is 4.79 Å². The van der Waals surface area contributed by atoms with E-state index < -0.39 is 0 Å². The number of thioether (sulfide) groups is 1. The first-order valence-electron chi connectivity index (χ1n) is 8.56. The van der Waals surface area contributed by atoms with Crippen molar-refractivity contribution in [2.24, 2.45) is 9.98 Å². The molecule has 7 heteroatoms. The van der Waals surface area contributed by atoms with Gasteiger partial charge in [0, 0.05) is 10.7 Å². The maximum atomic E-state index is 12.3. The summed E-state index contributed by atoms with van der Waals surface area (Å²) < 4.78 is 0. The van der Waals surface area contributed by atoms with E-state index in [0.29, 0.717) is 16.5 Å². The summed E-state index contributed by atoms with van der Waals surface area (Å²) in [7, 11) is 0. The van der Waals surface area contributed by atoms with E-state index >= 15 is 0 Å². The number of nitrogens with one attached hydrogen (secondary N) is 1. The van der Waals surface area contributed by atoms with E-state index in [9.17, 15) is 4.79 Å². The fraction of sp³-hybridized carbons (Fsp3) is 0.316. The van der Waals surface area contributed by atoms with E-state index in [4.69, 9.17) is 21.6 Å². The van der Waals surface area contributed by atoms with Crippen molar-refractivity contribution in [3.63, 3.8) is 0 Å². The van der Waals surface area contributed by atoms with Gasteiger partial charge in [0.1, 0.15) is 10.8 Å². The number of carbonyl (C=O) groups excluding carboxylic acids is 1. The highest BCUT2D eigenvalue weighted by molar-refractivity contribution is 8.16. The summed E-state index contributed by atoms with van der Waals surface area (Å²) in [5.74, 6) is 0.226. The molecule has 1 amide bonds. The van der Waals surface area contributed by atoms with Crippen LogP contribution in [0.15, 0.2) is 51.8 Å². The number of anilines is 1. The Labute approximate surface area is 165 Å². The number of thiophene rings is 1. The molecule has 0 bridgehead atoms. The SMILES string of the molecule is O=C(CSC1=NC2(CCCC2)N=C1c1cccs1)Nc1cccc(Cl)c1.